The van der Waals surface area contributed by atoms with Gasteiger partial charge in [0.25, 0.3) is 0 Å². The lowest BCUT2D eigenvalue weighted by molar-refractivity contribution is -0.126. The van der Waals surface area contributed by atoms with Gasteiger partial charge in [0.2, 0.25) is 5.91 Å². The van der Waals surface area contributed by atoms with Gasteiger partial charge in [-0.05, 0) is 42.7 Å². The van der Waals surface area contributed by atoms with Crippen LogP contribution in [-0.2, 0) is 10.2 Å². The molecule has 0 aromatic heterocycles. The average Bonchev–Trinajstić information content (AvgIpc) is 2.46. The molecule has 0 aliphatic heterocycles. The molecule has 1 fully saturated rings. The van der Waals surface area contributed by atoms with Gasteiger partial charge in [0, 0.05) is 12.7 Å². The number of hydrogen-bond donors (Lipinski definition) is 0. The fourth-order valence-electron chi connectivity index (χ4n) is 3.03. The first-order chi connectivity index (χ1) is 10.1. The van der Waals surface area contributed by atoms with E-state index >= 15 is 0 Å². The number of carbonyl (C=O) groups is 1. The summed E-state index contributed by atoms with van der Waals surface area (Å²) in [7, 11) is 1.79. The maximum absolute atomic E-state index is 13.5. The van der Waals surface area contributed by atoms with Gasteiger partial charge in [-0.2, -0.15) is 0 Å². The molecule has 2 nitrogen and oxygen atoms in total. The highest BCUT2D eigenvalue weighted by atomic mass is 19.1. The largest absolute Gasteiger partial charge is 0.315 e. The zero-order valence-electron chi connectivity index (χ0n) is 12.1. The SMILES string of the molecule is CN(C(=O)C1(c2cccc(F)c2)CCC1)c1ccccc1. The number of para-hydroxylation sites is 1. The summed E-state index contributed by atoms with van der Waals surface area (Å²) in [5.41, 5.74) is 1.10. The molecule has 0 radical (unpaired) electrons. The number of carbonyl (C=O) groups excluding carboxylic acids is 1. The molecule has 0 N–H and O–H groups in total. The zero-order chi connectivity index (χ0) is 14.9. The van der Waals surface area contributed by atoms with E-state index in [9.17, 15) is 9.18 Å². The van der Waals surface area contributed by atoms with E-state index in [2.05, 4.69) is 0 Å². The maximum atomic E-state index is 13.5. The summed E-state index contributed by atoms with van der Waals surface area (Å²) in [5.74, 6) is -0.237. The summed E-state index contributed by atoms with van der Waals surface area (Å²) in [4.78, 5) is 14.6. The van der Waals surface area contributed by atoms with E-state index < -0.39 is 5.41 Å². The molecule has 3 rings (SSSR count). The van der Waals surface area contributed by atoms with E-state index in [1.165, 1.54) is 12.1 Å². The summed E-state index contributed by atoms with van der Waals surface area (Å²) in [5, 5.41) is 0. The van der Waals surface area contributed by atoms with Crippen LogP contribution in [-0.4, -0.2) is 13.0 Å². The Morgan fingerprint density at radius 2 is 1.81 bits per heavy atom. The smallest absolute Gasteiger partial charge is 0.237 e. The number of nitrogens with zero attached hydrogens (tertiary/aromatic N) is 1. The lowest BCUT2D eigenvalue weighted by Gasteiger charge is -2.43. The Morgan fingerprint density at radius 3 is 2.38 bits per heavy atom. The van der Waals surface area contributed by atoms with Crippen LogP contribution in [0.15, 0.2) is 54.6 Å². The topological polar surface area (TPSA) is 20.3 Å². The van der Waals surface area contributed by atoms with E-state index in [1.54, 1.807) is 18.0 Å². The second kappa shape index (κ2) is 5.32. The molecule has 1 amide bonds. The van der Waals surface area contributed by atoms with Crippen LogP contribution in [0.5, 0.6) is 0 Å². The highest BCUT2D eigenvalue weighted by Gasteiger charge is 2.47. The molecule has 0 saturated heterocycles. The van der Waals surface area contributed by atoms with Gasteiger partial charge < -0.3 is 4.90 Å². The fourth-order valence-corrected chi connectivity index (χ4v) is 3.03. The van der Waals surface area contributed by atoms with E-state index in [-0.39, 0.29) is 11.7 Å². The Morgan fingerprint density at radius 1 is 1.10 bits per heavy atom. The van der Waals surface area contributed by atoms with Gasteiger partial charge in [-0.15, -0.1) is 0 Å². The first-order valence-corrected chi connectivity index (χ1v) is 7.23. The number of likely N-dealkylation sites (N-methyl/N-ethyl adjacent to an activating group) is 1. The van der Waals surface area contributed by atoms with Crippen LogP contribution >= 0.6 is 0 Å². The lowest BCUT2D eigenvalue weighted by Crippen LogP contribution is -2.50. The Hall–Kier alpha value is -2.16. The zero-order valence-corrected chi connectivity index (χ0v) is 12.1. The van der Waals surface area contributed by atoms with Gasteiger partial charge in [-0.3, -0.25) is 4.79 Å². The molecule has 0 heterocycles. The molecule has 0 bridgehead atoms. The molecule has 3 heteroatoms. The molecule has 2 aromatic carbocycles. The number of hydrogen-bond acceptors (Lipinski definition) is 1. The monoisotopic (exact) mass is 283 g/mol. The highest BCUT2D eigenvalue weighted by Crippen LogP contribution is 2.45. The number of anilines is 1. The fraction of sp³-hybridized carbons (Fsp3) is 0.278. The van der Waals surface area contributed by atoms with Crippen molar-refractivity contribution in [2.24, 2.45) is 0 Å². The number of benzene rings is 2. The maximum Gasteiger partial charge on any atom is 0.237 e. The Bertz CT molecular complexity index is 649. The Labute approximate surface area is 124 Å². The van der Waals surface area contributed by atoms with Crippen LogP contribution in [0.4, 0.5) is 10.1 Å². The van der Waals surface area contributed by atoms with Crippen LogP contribution in [0, 0.1) is 5.82 Å². The predicted molar refractivity (Wildman–Crippen MR) is 81.8 cm³/mol. The van der Waals surface area contributed by atoms with E-state index in [4.69, 9.17) is 0 Å². The van der Waals surface area contributed by atoms with Crippen LogP contribution in [0.25, 0.3) is 0 Å². The molecule has 108 valence electrons. The molecule has 1 saturated carbocycles. The molecule has 21 heavy (non-hydrogen) atoms. The average molecular weight is 283 g/mol. The third-order valence-corrected chi connectivity index (χ3v) is 4.44. The van der Waals surface area contributed by atoms with Crippen molar-refractivity contribution in [3.05, 3.63) is 66.0 Å². The van der Waals surface area contributed by atoms with Crippen molar-refractivity contribution in [3.8, 4) is 0 Å². The number of rotatable bonds is 3. The predicted octanol–water partition coefficient (Wildman–Crippen LogP) is 3.91. The third kappa shape index (κ3) is 2.33. The number of halogens is 1. The minimum Gasteiger partial charge on any atom is -0.315 e. The van der Waals surface area contributed by atoms with Gasteiger partial charge in [-0.25, -0.2) is 4.39 Å². The van der Waals surface area contributed by atoms with Crippen LogP contribution in [0.2, 0.25) is 0 Å². The quantitative estimate of drug-likeness (QED) is 0.836. The van der Waals surface area contributed by atoms with Crippen LogP contribution in [0.3, 0.4) is 0 Å². The van der Waals surface area contributed by atoms with Crippen molar-refractivity contribution in [2.45, 2.75) is 24.7 Å². The number of amides is 1. The van der Waals surface area contributed by atoms with Crippen molar-refractivity contribution in [3.63, 3.8) is 0 Å². The van der Waals surface area contributed by atoms with E-state index in [0.717, 1.165) is 30.5 Å². The molecule has 0 spiro atoms. The molecule has 0 atom stereocenters. The van der Waals surface area contributed by atoms with Crippen LogP contribution < -0.4 is 4.90 Å². The Kier molecular flexibility index (Phi) is 3.50. The summed E-state index contributed by atoms with van der Waals surface area (Å²) in [6.45, 7) is 0. The molecule has 0 unspecified atom stereocenters. The van der Waals surface area contributed by atoms with Crippen molar-refractivity contribution in [1.29, 1.82) is 0 Å². The lowest BCUT2D eigenvalue weighted by atomic mass is 9.63. The van der Waals surface area contributed by atoms with Gasteiger partial charge in [0.15, 0.2) is 0 Å². The summed E-state index contributed by atoms with van der Waals surface area (Å²) in [6.07, 6.45) is 2.57. The van der Waals surface area contributed by atoms with Crippen LogP contribution in [0.1, 0.15) is 24.8 Å². The van der Waals surface area contributed by atoms with E-state index in [0.29, 0.717) is 0 Å². The summed E-state index contributed by atoms with van der Waals surface area (Å²) < 4.78 is 13.5. The normalized spacial score (nSPS) is 16.1. The second-order valence-corrected chi connectivity index (χ2v) is 5.65. The Balaban J connectivity index is 1.94. The molecular formula is C18H18FNO. The van der Waals surface area contributed by atoms with Crippen molar-refractivity contribution < 1.29 is 9.18 Å². The van der Waals surface area contributed by atoms with Crippen molar-refractivity contribution in [1.82, 2.24) is 0 Å². The summed E-state index contributed by atoms with van der Waals surface area (Å²) >= 11 is 0. The molecule has 1 aliphatic rings. The molecule has 2 aromatic rings. The first kappa shape index (κ1) is 13.8. The minimum absolute atomic E-state index is 0.0468. The van der Waals surface area contributed by atoms with Gasteiger partial charge >= 0.3 is 0 Å². The highest BCUT2D eigenvalue weighted by molar-refractivity contribution is 6.01. The summed E-state index contributed by atoms with van der Waals surface area (Å²) in [6, 6.07) is 16.0. The van der Waals surface area contributed by atoms with Crippen molar-refractivity contribution >= 4 is 11.6 Å². The minimum atomic E-state index is -0.563. The standard InChI is InChI=1S/C18H18FNO/c1-20(16-9-3-2-4-10-16)17(21)18(11-6-12-18)14-7-5-8-15(19)13-14/h2-5,7-10,13H,6,11-12H2,1H3. The first-order valence-electron chi connectivity index (χ1n) is 7.23. The second-order valence-electron chi connectivity index (χ2n) is 5.65. The van der Waals surface area contributed by atoms with Crippen molar-refractivity contribution in [2.75, 3.05) is 11.9 Å². The van der Waals surface area contributed by atoms with Gasteiger partial charge in [-0.1, -0.05) is 36.8 Å². The molecule has 1 aliphatic carbocycles. The van der Waals surface area contributed by atoms with Gasteiger partial charge in [0.05, 0.1) is 5.41 Å². The molecular weight excluding hydrogens is 265 g/mol. The van der Waals surface area contributed by atoms with E-state index in [1.807, 2.05) is 36.4 Å². The van der Waals surface area contributed by atoms with Gasteiger partial charge in [0.1, 0.15) is 5.82 Å². The third-order valence-electron chi connectivity index (χ3n) is 4.44.